The van der Waals surface area contributed by atoms with Crippen molar-refractivity contribution in [1.82, 2.24) is 9.97 Å². The molecule has 1 saturated carbocycles. The minimum Gasteiger partial charge on any atom is -0.486 e. The highest BCUT2D eigenvalue weighted by atomic mass is 35.5. The molecule has 1 aromatic heterocycles. The Morgan fingerprint density at radius 2 is 1.80 bits per heavy atom. The molecule has 1 aliphatic heterocycles. The molecule has 2 aromatic rings. The summed E-state index contributed by atoms with van der Waals surface area (Å²) in [7, 11) is 0. The highest BCUT2D eigenvalue weighted by molar-refractivity contribution is 6.29. The van der Waals surface area contributed by atoms with Crippen molar-refractivity contribution in [2.45, 2.75) is 18.8 Å². The summed E-state index contributed by atoms with van der Waals surface area (Å²) in [4.78, 5) is 8.94. The van der Waals surface area contributed by atoms with Crippen LogP contribution in [0, 0.1) is 0 Å². The number of fused-ring (bicyclic) bond motifs is 1. The summed E-state index contributed by atoms with van der Waals surface area (Å²) in [5, 5.41) is 0.492. The van der Waals surface area contributed by atoms with Gasteiger partial charge in [0.15, 0.2) is 17.3 Å². The molecule has 0 bridgehead atoms. The summed E-state index contributed by atoms with van der Waals surface area (Å²) < 4.78 is 11.1. The predicted molar refractivity (Wildman–Crippen MR) is 75.4 cm³/mol. The molecule has 0 spiro atoms. The van der Waals surface area contributed by atoms with Gasteiger partial charge in [-0.1, -0.05) is 11.6 Å². The van der Waals surface area contributed by atoms with Gasteiger partial charge in [0, 0.05) is 17.2 Å². The van der Waals surface area contributed by atoms with Gasteiger partial charge in [-0.3, -0.25) is 0 Å². The van der Waals surface area contributed by atoms with Crippen LogP contribution < -0.4 is 9.47 Å². The van der Waals surface area contributed by atoms with E-state index in [1.807, 2.05) is 24.3 Å². The van der Waals surface area contributed by atoms with E-state index in [9.17, 15) is 0 Å². The lowest BCUT2D eigenvalue weighted by Crippen LogP contribution is -2.15. The first-order valence-electron chi connectivity index (χ1n) is 6.74. The number of rotatable bonds is 2. The van der Waals surface area contributed by atoms with Gasteiger partial charge in [0.05, 0.1) is 0 Å². The average Bonchev–Trinajstić information content (AvgIpc) is 3.31. The molecule has 4 nitrogen and oxygen atoms in total. The Morgan fingerprint density at radius 1 is 1.00 bits per heavy atom. The van der Waals surface area contributed by atoms with Gasteiger partial charge in [-0.2, -0.15) is 0 Å². The number of aromatic nitrogens is 2. The van der Waals surface area contributed by atoms with E-state index in [4.69, 9.17) is 21.1 Å². The van der Waals surface area contributed by atoms with Crippen molar-refractivity contribution in [3.8, 4) is 22.9 Å². The molecule has 1 fully saturated rings. The zero-order valence-corrected chi connectivity index (χ0v) is 11.6. The van der Waals surface area contributed by atoms with E-state index >= 15 is 0 Å². The molecule has 0 amide bonds. The van der Waals surface area contributed by atoms with Crippen molar-refractivity contribution in [3.63, 3.8) is 0 Å². The standard InChI is InChI=1S/C15H13ClN2O2/c16-14-8-11(9-1-2-9)17-15(18-14)10-3-4-12-13(7-10)20-6-5-19-12/h3-4,7-9H,1-2,5-6H2. The number of nitrogens with zero attached hydrogens (tertiary/aromatic N) is 2. The topological polar surface area (TPSA) is 44.2 Å². The Hall–Kier alpha value is -1.81. The number of ether oxygens (including phenoxy) is 2. The third kappa shape index (κ3) is 2.20. The molecule has 102 valence electrons. The van der Waals surface area contributed by atoms with Crippen molar-refractivity contribution in [2.75, 3.05) is 13.2 Å². The fourth-order valence-electron chi connectivity index (χ4n) is 2.33. The van der Waals surface area contributed by atoms with Crippen LogP contribution in [0.2, 0.25) is 5.15 Å². The second-order valence-corrected chi connectivity index (χ2v) is 5.46. The maximum absolute atomic E-state index is 6.11. The molecule has 2 aliphatic rings. The van der Waals surface area contributed by atoms with Gasteiger partial charge in [0.1, 0.15) is 18.4 Å². The SMILES string of the molecule is Clc1cc(C2CC2)nc(-c2ccc3c(c2)OCCO3)n1. The number of halogens is 1. The lowest BCUT2D eigenvalue weighted by atomic mass is 10.1. The first kappa shape index (κ1) is 12.0. The van der Waals surface area contributed by atoms with Gasteiger partial charge in [0.2, 0.25) is 0 Å². The summed E-state index contributed by atoms with van der Waals surface area (Å²) in [5.74, 6) is 2.71. The van der Waals surface area contributed by atoms with Crippen LogP contribution in [-0.2, 0) is 0 Å². The third-order valence-corrected chi connectivity index (χ3v) is 3.70. The minimum absolute atomic E-state index is 0.492. The second-order valence-electron chi connectivity index (χ2n) is 5.07. The van der Waals surface area contributed by atoms with Gasteiger partial charge in [-0.25, -0.2) is 9.97 Å². The van der Waals surface area contributed by atoms with E-state index in [1.165, 1.54) is 12.8 Å². The first-order valence-corrected chi connectivity index (χ1v) is 7.12. The third-order valence-electron chi connectivity index (χ3n) is 3.51. The number of hydrogen-bond donors (Lipinski definition) is 0. The van der Waals surface area contributed by atoms with E-state index in [2.05, 4.69) is 9.97 Å². The Morgan fingerprint density at radius 3 is 2.60 bits per heavy atom. The molecule has 1 aliphatic carbocycles. The summed E-state index contributed by atoms with van der Waals surface area (Å²) in [6, 6.07) is 7.61. The Kier molecular flexibility index (Phi) is 2.77. The summed E-state index contributed by atoms with van der Waals surface area (Å²) in [6.07, 6.45) is 2.38. The first-order chi connectivity index (χ1) is 9.79. The zero-order valence-electron chi connectivity index (χ0n) is 10.8. The molecule has 2 heterocycles. The predicted octanol–water partition coefficient (Wildman–Crippen LogP) is 3.45. The van der Waals surface area contributed by atoms with Crippen LogP contribution >= 0.6 is 11.6 Å². The number of benzene rings is 1. The molecule has 1 aromatic carbocycles. The molecule has 0 atom stereocenters. The van der Waals surface area contributed by atoms with Crippen molar-refractivity contribution in [1.29, 1.82) is 0 Å². The molecular weight excluding hydrogens is 276 g/mol. The molecule has 5 heteroatoms. The fourth-order valence-corrected chi connectivity index (χ4v) is 2.53. The quantitative estimate of drug-likeness (QED) is 0.794. The van der Waals surface area contributed by atoms with E-state index in [-0.39, 0.29) is 0 Å². The average molecular weight is 289 g/mol. The van der Waals surface area contributed by atoms with E-state index in [0.29, 0.717) is 30.1 Å². The highest BCUT2D eigenvalue weighted by Crippen LogP contribution is 2.40. The lowest BCUT2D eigenvalue weighted by molar-refractivity contribution is 0.171. The monoisotopic (exact) mass is 288 g/mol. The van der Waals surface area contributed by atoms with Crippen LogP contribution in [-0.4, -0.2) is 23.2 Å². The zero-order chi connectivity index (χ0) is 13.5. The molecule has 0 saturated heterocycles. The van der Waals surface area contributed by atoms with Gasteiger partial charge >= 0.3 is 0 Å². The maximum atomic E-state index is 6.11. The second kappa shape index (κ2) is 4.63. The van der Waals surface area contributed by atoms with Crippen LogP contribution in [0.5, 0.6) is 11.5 Å². The Bertz CT molecular complexity index is 671. The Balaban J connectivity index is 1.76. The van der Waals surface area contributed by atoms with Crippen molar-refractivity contribution in [3.05, 3.63) is 35.1 Å². The minimum atomic E-state index is 0.492. The van der Waals surface area contributed by atoms with Crippen molar-refractivity contribution in [2.24, 2.45) is 0 Å². The van der Waals surface area contributed by atoms with Crippen molar-refractivity contribution >= 4 is 11.6 Å². The molecule has 0 radical (unpaired) electrons. The molecule has 0 unspecified atom stereocenters. The fraction of sp³-hybridized carbons (Fsp3) is 0.333. The van der Waals surface area contributed by atoms with Crippen LogP contribution in [0.15, 0.2) is 24.3 Å². The van der Waals surface area contributed by atoms with E-state index in [1.54, 1.807) is 0 Å². The number of hydrogen-bond acceptors (Lipinski definition) is 4. The van der Waals surface area contributed by atoms with Gasteiger partial charge < -0.3 is 9.47 Å². The molecule has 4 rings (SSSR count). The van der Waals surface area contributed by atoms with Gasteiger partial charge in [0.25, 0.3) is 0 Å². The molecular formula is C15H13ClN2O2. The highest BCUT2D eigenvalue weighted by Gasteiger charge is 2.26. The van der Waals surface area contributed by atoms with Gasteiger partial charge in [-0.05, 0) is 37.1 Å². The van der Waals surface area contributed by atoms with E-state index < -0.39 is 0 Å². The van der Waals surface area contributed by atoms with Crippen LogP contribution in [0.25, 0.3) is 11.4 Å². The molecule has 0 N–H and O–H groups in total. The maximum Gasteiger partial charge on any atom is 0.162 e. The van der Waals surface area contributed by atoms with Crippen LogP contribution in [0.1, 0.15) is 24.5 Å². The summed E-state index contributed by atoms with van der Waals surface area (Å²) in [5.41, 5.74) is 1.94. The summed E-state index contributed by atoms with van der Waals surface area (Å²) >= 11 is 6.11. The molecule has 20 heavy (non-hydrogen) atoms. The Labute approximate surface area is 121 Å². The lowest BCUT2D eigenvalue weighted by Gasteiger charge is -2.18. The van der Waals surface area contributed by atoms with Crippen LogP contribution in [0.4, 0.5) is 0 Å². The van der Waals surface area contributed by atoms with E-state index in [0.717, 1.165) is 22.8 Å². The smallest absolute Gasteiger partial charge is 0.162 e. The normalized spacial score (nSPS) is 17.1. The van der Waals surface area contributed by atoms with Crippen molar-refractivity contribution < 1.29 is 9.47 Å². The summed E-state index contributed by atoms with van der Waals surface area (Å²) in [6.45, 7) is 1.16. The van der Waals surface area contributed by atoms with Crippen LogP contribution in [0.3, 0.4) is 0 Å². The van der Waals surface area contributed by atoms with Gasteiger partial charge in [-0.15, -0.1) is 0 Å². The largest absolute Gasteiger partial charge is 0.486 e.